The molecule has 3 rings (SSSR count). The number of esters is 1. The van der Waals surface area contributed by atoms with E-state index in [4.69, 9.17) is 9.15 Å². The summed E-state index contributed by atoms with van der Waals surface area (Å²) >= 11 is 0. The lowest BCUT2D eigenvalue weighted by molar-refractivity contribution is -0.168. The summed E-state index contributed by atoms with van der Waals surface area (Å²) in [4.78, 5) is 11.9. The molecule has 1 saturated carbocycles. The van der Waals surface area contributed by atoms with Gasteiger partial charge in [-0.05, 0) is 38.2 Å². The first-order chi connectivity index (χ1) is 10.8. The number of ether oxygens (including phenoxy) is 1. The highest BCUT2D eigenvalue weighted by molar-refractivity contribution is 5.87. The molecule has 0 aromatic carbocycles. The van der Waals surface area contributed by atoms with Crippen molar-refractivity contribution in [3.63, 3.8) is 0 Å². The molecule has 0 amide bonds. The molecule has 4 nitrogen and oxygen atoms in total. The van der Waals surface area contributed by atoms with E-state index in [9.17, 15) is 9.90 Å². The minimum Gasteiger partial charge on any atom is -0.469 e. The highest BCUT2D eigenvalue weighted by atomic mass is 16.5. The van der Waals surface area contributed by atoms with E-state index in [2.05, 4.69) is 20.4 Å². The Hall–Kier alpha value is -1.55. The van der Waals surface area contributed by atoms with Crippen molar-refractivity contribution in [2.75, 3.05) is 0 Å². The Morgan fingerprint density at radius 2 is 2.17 bits per heavy atom. The first-order valence-electron chi connectivity index (χ1n) is 8.38. The van der Waals surface area contributed by atoms with Gasteiger partial charge in [0, 0.05) is 28.9 Å². The number of fused-ring (bicyclic) bond motifs is 2. The van der Waals surface area contributed by atoms with Gasteiger partial charge >= 0.3 is 5.97 Å². The molecule has 0 aliphatic heterocycles. The van der Waals surface area contributed by atoms with Gasteiger partial charge in [0.2, 0.25) is 0 Å². The molecule has 126 valence electrons. The molecule has 1 fully saturated rings. The van der Waals surface area contributed by atoms with Gasteiger partial charge in [0.05, 0.1) is 12.4 Å². The largest absolute Gasteiger partial charge is 0.469 e. The standard InChI is InChI=1S/C19H26O4/c1-10(2)18(21)23-14-7-6-13-8-15-16(11(3)9-22-15)17(20)19(13,5)12(14)4/h9,12-14,17,20H,1,6-8H2,2-5H3/t12-,13+,14-,17+,19+/m0/s1. The van der Waals surface area contributed by atoms with E-state index in [1.54, 1.807) is 13.2 Å². The van der Waals surface area contributed by atoms with E-state index in [1.807, 2.05) is 6.92 Å². The van der Waals surface area contributed by atoms with Gasteiger partial charge in [0.25, 0.3) is 0 Å². The van der Waals surface area contributed by atoms with E-state index < -0.39 is 6.10 Å². The number of hydrogen-bond acceptors (Lipinski definition) is 4. The highest BCUT2D eigenvalue weighted by Gasteiger charge is 2.55. The van der Waals surface area contributed by atoms with Crippen molar-refractivity contribution in [2.45, 2.75) is 59.2 Å². The van der Waals surface area contributed by atoms with Crippen LogP contribution in [0, 0.1) is 24.2 Å². The van der Waals surface area contributed by atoms with Crippen molar-refractivity contribution >= 4 is 5.97 Å². The predicted octanol–water partition coefficient (Wildman–Crippen LogP) is 3.72. The van der Waals surface area contributed by atoms with E-state index in [1.165, 1.54) is 0 Å². The number of aryl methyl sites for hydroxylation is 1. The minimum absolute atomic E-state index is 0.0713. The Bertz CT molecular complexity index is 644. The van der Waals surface area contributed by atoms with Crippen molar-refractivity contribution < 1.29 is 19.1 Å². The summed E-state index contributed by atoms with van der Waals surface area (Å²) in [5.41, 5.74) is 2.03. The van der Waals surface area contributed by atoms with Crippen LogP contribution in [0.3, 0.4) is 0 Å². The predicted molar refractivity (Wildman–Crippen MR) is 86.8 cm³/mol. The SMILES string of the molecule is C=C(C)C(=O)O[C@H]1CC[C@@H]2Cc3occ(C)c3[C@@H](O)[C@]2(C)[C@H]1C. The van der Waals surface area contributed by atoms with Crippen LogP contribution in [-0.2, 0) is 16.0 Å². The molecule has 0 radical (unpaired) electrons. The molecule has 0 unspecified atom stereocenters. The van der Waals surface area contributed by atoms with Crippen molar-refractivity contribution in [1.29, 1.82) is 0 Å². The smallest absolute Gasteiger partial charge is 0.333 e. The van der Waals surface area contributed by atoms with E-state index in [0.29, 0.717) is 11.5 Å². The summed E-state index contributed by atoms with van der Waals surface area (Å²) in [6.45, 7) is 11.5. The number of furan rings is 1. The number of aliphatic hydroxyl groups is 1. The van der Waals surface area contributed by atoms with Crippen LogP contribution in [0.4, 0.5) is 0 Å². The van der Waals surface area contributed by atoms with Gasteiger partial charge in [-0.25, -0.2) is 4.79 Å². The Morgan fingerprint density at radius 1 is 1.48 bits per heavy atom. The van der Waals surface area contributed by atoms with Crippen LogP contribution < -0.4 is 0 Å². The summed E-state index contributed by atoms with van der Waals surface area (Å²) < 4.78 is 11.3. The molecule has 1 heterocycles. The molecule has 0 spiro atoms. The maximum absolute atomic E-state index is 11.9. The number of carbonyl (C=O) groups excluding carboxylic acids is 1. The topological polar surface area (TPSA) is 59.7 Å². The summed E-state index contributed by atoms with van der Waals surface area (Å²) in [5, 5.41) is 11.1. The van der Waals surface area contributed by atoms with Gasteiger partial charge < -0.3 is 14.3 Å². The summed E-state index contributed by atoms with van der Waals surface area (Å²) in [6.07, 6.45) is 3.56. The zero-order valence-electron chi connectivity index (χ0n) is 14.4. The van der Waals surface area contributed by atoms with Crippen molar-refractivity contribution in [2.24, 2.45) is 17.3 Å². The third-order valence-electron chi connectivity index (χ3n) is 6.22. The summed E-state index contributed by atoms with van der Waals surface area (Å²) in [7, 11) is 0. The normalized spacial score (nSPS) is 36.0. The second-order valence-corrected chi connectivity index (χ2v) is 7.52. The number of aliphatic hydroxyl groups excluding tert-OH is 1. The van der Waals surface area contributed by atoms with E-state index in [-0.39, 0.29) is 23.4 Å². The molecule has 0 bridgehead atoms. The van der Waals surface area contributed by atoms with Gasteiger partial charge in [-0.3, -0.25) is 0 Å². The van der Waals surface area contributed by atoms with Crippen LogP contribution in [0.15, 0.2) is 22.8 Å². The average molecular weight is 318 g/mol. The number of carbonyl (C=O) groups is 1. The molecule has 2 aliphatic rings. The highest BCUT2D eigenvalue weighted by Crippen LogP contribution is 2.58. The lowest BCUT2D eigenvalue weighted by Crippen LogP contribution is -2.52. The van der Waals surface area contributed by atoms with Gasteiger partial charge in [0.15, 0.2) is 0 Å². The average Bonchev–Trinajstić information content (AvgIpc) is 2.86. The van der Waals surface area contributed by atoms with E-state index >= 15 is 0 Å². The van der Waals surface area contributed by atoms with Crippen LogP contribution in [-0.4, -0.2) is 17.2 Å². The van der Waals surface area contributed by atoms with Crippen LogP contribution in [0.25, 0.3) is 0 Å². The molecule has 0 saturated heterocycles. The molecule has 4 heteroatoms. The fraction of sp³-hybridized carbons (Fsp3) is 0.632. The third kappa shape index (κ3) is 2.35. The lowest BCUT2D eigenvalue weighted by Gasteiger charge is -2.53. The first-order valence-corrected chi connectivity index (χ1v) is 8.38. The van der Waals surface area contributed by atoms with Crippen molar-refractivity contribution in [3.8, 4) is 0 Å². The van der Waals surface area contributed by atoms with Crippen molar-refractivity contribution in [1.82, 2.24) is 0 Å². The van der Waals surface area contributed by atoms with Crippen molar-refractivity contribution in [3.05, 3.63) is 35.3 Å². The molecular formula is C19H26O4. The second kappa shape index (κ2) is 5.52. The van der Waals surface area contributed by atoms with Crippen LogP contribution in [0.5, 0.6) is 0 Å². The van der Waals surface area contributed by atoms with Crippen LogP contribution in [0.2, 0.25) is 0 Å². The first kappa shape index (κ1) is 16.3. The number of hydrogen-bond donors (Lipinski definition) is 1. The fourth-order valence-corrected chi connectivity index (χ4v) is 4.46. The maximum atomic E-state index is 11.9. The summed E-state index contributed by atoms with van der Waals surface area (Å²) in [6, 6.07) is 0. The van der Waals surface area contributed by atoms with Crippen LogP contribution >= 0.6 is 0 Å². The Morgan fingerprint density at radius 3 is 2.83 bits per heavy atom. The molecule has 1 N–H and O–H groups in total. The zero-order valence-corrected chi connectivity index (χ0v) is 14.4. The van der Waals surface area contributed by atoms with Gasteiger partial charge in [0.1, 0.15) is 11.9 Å². The molecular weight excluding hydrogens is 292 g/mol. The lowest BCUT2D eigenvalue weighted by atomic mass is 9.53. The molecule has 23 heavy (non-hydrogen) atoms. The second-order valence-electron chi connectivity index (χ2n) is 7.52. The van der Waals surface area contributed by atoms with Crippen LogP contribution in [0.1, 0.15) is 56.6 Å². The quantitative estimate of drug-likeness (QED) is 0.667. The Balaban J connectivity index is 1.91. The monoisotopic (exact) mass is 318 g/mol. The zero-order chi connectivity index (χ0) is 16.9. The van der Waals surface area contributed by atoms with Gasteiger partial charge in [-0.15, -0.1) is 0 Å². The Labute approximate surface area is 137 Å². The van der Waals surface area contributed by atoms with Gasteiger partial charge in [-0.1, -0.05) is 20.4 Å². The molecule has 1 aromatic heterocycles. The molecule has 1 aromatic rings. The van der Waals surface area contributed by atoms with E-state index in [0.717, 1.165) is 36.1 Å². The Kier molecular flexibility index (Phi) is 3.91. The third-order valence-corrected chi connectivity index (χ3v) is 6.22. The summed E-state index contributed by atoms with van der Waals surface area (Å²) in [5.74, 6) is 0.990. The number of rotatable bonds is 2. The minimum atomic E-state index is -0.587. The maximum Gasteiger partial charge on any atom is 0.333 e. The van der Waals surface area contributed by atoms with Gasteiger partial charge in [-0.2, -0.15) is 0 Å². The fourth-order valence-electron chi connectivity index (χ4n) is 4.46. The molecule has 5 atom stereocenters. The molecule has 2 aliphatic carbocycles.